The van der Waals surface area contributed by atoms with E-state index < -0.39 is 6.09 Å². The number of nitrogens with zero attached hydrogens (tertiary/aromatic N) is 1. The van der Waals surface area contributed by atoms with Gasteiger partial charge in [0.2, 0.25) is 0 Å². The second-order valence-electron chi connectivity index (χ2n) is 4.39. The second-order valence-corrected chi connectivity index (χ2v) is 5.25. The van der Waals surface area contributed by atoms with Crippen molar-refractivity contribution in [2.24, 2.45) is 0 Å². The molecule has 102 valence electrons. The number of amides is 1. The van der Waals surface area contributed by atoms with Crippen molar-refractivity contribution in [3.8, 4) is 0 Å². The minimum atomic E-state index is -0.399. The average molecular weight is 327 g/mol. The summed E-state index contributed by atoms with van der Waals surface area (Å²) >= 11 is 3.37. The van der Waals surface area contributed by atoms with Crippen LogP contribution in [0.3, 0.4) is 0 Å². The fourth-order valence-electron chi connectivity index (χ4n) is 2.15. The first-order valence-corrected chi connectivity index (χ1v) is 6.77. The van der Waals surface area contributed by atoms with Crippen molar-refractivity contribution in [3.05, 3.63) is 28.2 Å². The number of hydrogen-bond acceptors (Lipinski definition) is 4. The SMILES string of the molecule is COC(=O)NC1CCN(c2ccc(C=O)c(Br)c2)C1. The standard InChI is InChI=1S/C13H15BrN2O3/c1-19-13(18)15-10-4-5-16(7-10)11-3-2-9(8-17)12(14)6-11/h2-3,6,8,10H,4-5,7H2,1H3,(H,15,18). The summed E-state index contributed by atoms with van der Waals surface area (Å²) in [5, 5.41) is 2.79. The van der Waals surface area contributed by atoms with Gasteiger partial charge in [-0.25, -0.2) is 4.79 Å². The molecule has 6 heteroatoms. The predicted molar refractivity (Wildman–Crippen MR) is 75.7 cm³/mol. The van der Waals surface area contributed by atoms with Gasteiger partial charge in [0.05, 0.1) is 13.2 Å². The third kappa shape index (κ3) is 3.26. The fraction of sp³-hybridized carbons (Fsp3) is 0.385. The van der Waals surface area contributed by atoms with Crippen LogP contribution in [0.1, 0.15) is 16.8 Å². The van der Waals surface area contributed by atoms with E-state index in [4.69, 9.17) is 0 Å². The second kappa shape index (κ2) is 6.06. The number of alkyl carbamates (subject to hydrolysis) is 1. The van der Waals surface area contributed by atoms with Crippen molar-refractivity contribution in [1.29, 1.82) is 0 Å². The van der Waals surface area contributed by atoms with E-state index in [1.807, 2.05) is 12.1 Å². The van der Waals surface area contributed by atoms with E-state index in [-0.39, 0.29) is 6.04 Å². The number of carbonyl (C=O) groups is 2. The number of ether oxygens (including phenoxy) is 1. The molecule has 1 fully saturated rings. The van der Waals surface area contributed by atoms with Crippen molar-refractivity contribution in [2.45, 2.75) is 12.5 Å². The van der Waals surface area contributed by atoms with Gasteiger partial charge in [-0.1, -0.05) is 0 Å². The maximum absolute atomic E-state index is 11.2. The van der Waals surface area contributed by atoms with Gasteiger partial charge in [-0.05, 0) is 40.5 Å². The Morgan fingerprint density at radius 3 is 3.00 bits per heavy atom. The average Bonchev–Trinajstić information content (AvgIpc) is 2.87. The summed E-state index contributed by atoms with van der Waals surface area (Å²) in [7, 11) is 1.36. The Kier molecular flexibility index (Phi) is 4.42. The molecular formula is C13H15BrN2O3. The molecule has 0 bridgehead atoms. The van der Waals surface area contributed by atoms with Crippen LogP contribution >= 0.6 is 15.9 Å². The highest BCUT2D eigenvalue weighted by Crippen LogP contribution is 2.26. The van der Waals surface area contributed by atoms with Crippen LogP contribution in [0.15, 0.2) is 22.7 Å². The summed E-state index contributed by atoms with van der Waals surface area (Å²) < 4.78 is 5.37. The monoisotopic (exact) mass is 326 g/mol. The van der Waals surface area contributed by atoms with Gasteiger partial charge in [0, 0.05) is 28.8 Å². The predicted octanol–water partition coefficient (Wildman–Crippen LogP) is 2.20. The molecule has 0 spiro atoms. The van der Waals surface area contributed by atoms with E-state index in [9.17, 15) is 9.59 Å². The zero-order valence-corrected chi connectivity index (χ0v) is 12.1. The molecule has 0 radical (unpaired) electrons. The molecule has 1 aliphatic heterocycles. The third-order valence-corrected chi connectivity index (χ3v) is 3.86. The molecule has 0 saturated carbocycles. The van der Waals surface area contributed by atoms with Gasteiger partial charge in [-0.15, -0.1) is 0 Å². The van der Waals surface area contributed by atoms with Crippen LogP contribution in [0.5, 0.6) is 0 Å². The first-order chi connectivity index (χ1) is 9.13. The number of hydrogen-bond donors (Lipinski definition) is 1. The first kappa shape index (κ1) is 13.9. The molecule has 0 aliphatic carbocycles. The zero-order valence-electron chi connectivity index (χ0n) is 10.6. The number of carbonyl (C=O) groups excluding carboxylic acids is 2. The van der Waals surface area contributed by atoms with Gasteiger partial charge in [0.1, 0.15) is 0 Å². The summed E-state index contributed by atoms with van der Waals surface area (Å²) in [6.07, 6.45) is 1.30. The molecule has 1 amide bonds. The van der Waals surface area contributed by atoms with Crippen molar-refractivity contribution in [1.82, 2.24) is 5.32 Å². The van der Waals surface area contributed by atoms with Crippen LogP contribution in [-0.2, 0) is 4.74 Å². The number of halogens is 1. The van der Waals surface area contributed by atoms with Gasteiger partial charge >= 0.3 is 6.09 Å². The Labute approximate surface area is 120 Å². The molecule has 19 heavy (non-hydrogen) atoms. The topological polar surface area (TPSA) is 58.6 Å². The molecule has 2 rings (SSSR count). The third-order valence-electron chi connectivity index (χ3n) is 3.17. The first-order valence-electron chi connectivity index (χ1n) is 5.98. The van der Waals surface area contributed by atoms with Crippen LogP contribution in [0.4, 0.5) is 10.5 Å². The summed E-state index contributed by atoms with van der Waals surface area (Å²) in [5.74, 6) is 0. The Morgan fingerprint density at radius 1 is 1.58 bits per heavy atom. The number of benzene rings is 1. The van der Waals surface area contributed by atoms with Gasteiger partial charge in [0.25, 0.3) is 0 Å². The Morgan fingerprint density at radius 2 is 2.37 bits per heavy atom. The quantitative estimate of drug-likeness (QED) is 0.865. The van der Waals surface area contributed by atoms with Crippen LogP contribution in [-0.4, -0.2) is 38.6 Å². The number of aldehydes is 1. The smallest absolute Gasteiger partial charge is 0.407 e. The lowest BCUT2D eigenvalue weighted by Crippen LogP contribution is -2.36. The fourth-order valence-corrected chi connectivity index (χ4v) is 2.61. The minimum absolute atomic E-state index is 0.0944. The molecule has 1 heterocycles. The van der Waals surface area contributed by atoms with Crippen LogP contribution < -0.4 is 10.2 Å². The molecule has 1 N–H and O–H groups in total. The highest BCUT2D eigenvalue weighted by Gasteiger charge is 2.24. The normalized spacial score (nSPS) is 18.2. The van der Waals surface area contributed by atoms with Crippen molar-refractivity contribution < 1.29 is 14.3 Å². The molecule has 1 atom stereocenters. The number of rotatable bonds is 3. The summed E-state index contributed by atoms with van der Waals surface area (Å²) in [4.78, 5) is 24.1. The largest absolute Gasteiger partial charge is 0.453 e. The maximum Gasteiger partial charge on any atom is 0.407 e. The van der Waals surface area contributed by atoms with E-state index >= 15 is 0 Å². The molecule has 1 aliphatic rings. The molecule has 0 aromatic heterocycles. The minimum Gasteiger partial charge on any atom is -0.453 e. The lowest BCUT2D eigenvalue weighted by molar-refractivity contribution is 0.112. The van der Waals surface area contributed by atoms with Crippen LogP contribution in [0.2, 0.25) is 0 Å². The van der Waals surface area contributed by atoms with E-state index in [0.717, 1.165) is 36.0 Å². The van der Waals surface area contributed by atoms with Gasteiger partial charge in [0.15, 0.2) is 6.29 Å². The van der Waals surface area contributed by atoms with E-state index in [0.29, 0.717) is 5.56 Å². The van der Waals surface area contributed by atoms with Gasteiger partial charge < -0.3 is 15.0 Å². The highest BCUT2D eigenvalue weighted by atomic mass is 79.9. The molecule has 5 nitrogen and oxygen atoms in total. The van der Waals surface area contributed by atoms with Crippen molar-refractivity contribution in [2.75, 3.05) is 25.1 Å². The molecule has 1 aromatic carbocycles. The van der Waals surface area contributed by atoms with Crippen LogP contribution in [0, 0.1) is 0 Å². The molecular weight excluding hydrogens is 312 g/mol. The Hall–Kier alpha value is -1.56. The van der Waals surface area contributed by atoms with Crippen molar-refractivity contribution in [3.63, 3.8) is 0 Å². The van der Waals surface area contributed by atoms with Crippen LogP contribution in [0.25, 0.3) is 0 Å². The van der Waals surface area contributed by atoms with E-state index in [1.165, 1.54) is 7.11 Å². The lowest BCUT2D eigenvalue weighted by atomic mass is 10.2. The zero-order chi connectivity index (χ0) is 13.8. The lowest BCUT2D eigenvalue weighted by Gasteiger charge is -2.19. The summed E-state index contributed by atoms with van der Waals surface area (Å²) in [6, 6.07) is 5.71. The van der Waals surface area contributed by atoms with E-state index in [1.54, 1.807) is 6.07 Å². The number of anilines is 1. The maximum atomic E-state index is 11.2. The Balaban J connectivity index is 2.02. The molecule has 1 aromatic rings. The summed E-state index contributed by atoms with van der Waals surface area (Å²) in [5.41, 5.74) is 1.67. The van der Waals surface area contributed by atoms with Gasteiger partial charge in [-0.2, -0.15) is 0 Å². The Bertz CT molecular complexity index is 493. The highest BCUT2D eigenvalue weighted by molar-refractivity contribution is 9.10. The molecule has 1 unspecified atom stereocenters. The molecule has 1 saturated heterocycles. The summed E-state index contributed by atoms with van der Waals surface area (Å²) in [6.45, 7) is 1.60. The number of nitrogens with one attached hydrogen (secondary N) is 1. The van der Waals surface area contributed by atoms with Gasteiger partial charge in [-0.3, -0.25) is 4.79 Å². The van der Waals surface area contributed by atoms with E-state index in [2.05, 4.69) is 30.9 Å². The number of methoxy groups -OCH3 is 1. The van der Waals surface area contributed by atoms with Crippen molar-refractivity contribution >= 4 is 34.0 Å².